The van der Waals surface area contributed by atoms with Gasteiger partial charge < -0.3 is 10.2 Å². The van der Waals surface area contributed by atoms with E-state index in [0.29, 0.717) is 18.7 Å². The smallest absolute Gasteiger partial charge is 0.250 e. The molecule has 0 radical (unpaired) electrons. The highest BCUT2D eigenvalue weighted by Gasteiger charge is 2.48. The van der Waals surface area contributed by atoms with Crippen LogP contribution in [-0.2, 0) is 9.59 Å². The van der Waals surface area contributed by atoms with Gasteiger partial charge in [0.1, 0.15) is 5.54 Å². The molecule has 1 aromatic carbocycles. The van der Waals surface area contributed by atoms with E-state index < -0.39 is 5.54 Å². The van der Waals surface area contributed by atoms with Crippen molar-refractivity contribution in [3.05, 3.63) is 55.4 Å². The number of hydrogen-bond donors (Lipinski definition) is 1. The van der Waals surface area contributed by atoms with Crippen LogP contribution in [0.5, 0.6) is 0 Å². The predicted molar refractivity (Wildman–Crippen MR) is 87.1 cm³/mol. The van der Waals surface area contributed by atoms with Crippen LogP contribution in [0.25, 0.3) is 5.69 Å². The highest BCUT2D eigenvalue weighted by molar-refractivity contribution is 6.02. The van der Waals surface area contributed by atoms with Gasteiger partial charge in [0, 0.05) is 24.6 Å². The molecule has 1 saturated heterocycles. The third kappa shape index (κ3) is 2.63. The minimum atomic E-state index is -0.814. The van der Waals surface area contributed by atoms with Crippen molar-refractivity contribution in [1.29, 1.82) is 0 Å². The molecule has 6 heteroatoms. The van der Waals surface area contributed by atoms with Gasteiger partial charge in [0.05, 0.1) is 5.69 Å². The number of hydrogen-bond acceptors (Lipinski definition) is 3. The molecule has 0 bridgehead atoms. The number of likely N-dealkylation sites (tertiary alicyclic amines) is 1. The maximum Gasteiger partial charge on any atom is 0.250 e. The number of carbonyl (C=O) groups is 2. The Morgan fingerprint density at radius 1 is 1.35 bits per heavy atom. The van der Waals surface area contributed by atoms with E-state index in [-0.39, 0.29) is 11.8 Å². The van der Waals surface area contributed by atoms with E-state index in [1.807, 2.05) is 36.5 Å². The molecule has 1 unspecified atom stereocenters. The fraction of sp³-hybridized carbons (Fsp3) is 0.235. The summed E-state index contributed by atoms with van der Waals surface area (Å²) >= 11 is 0. The number of anilines is 1. The second kappa shape index (κ2) is 5.72. The Hall–Kier alpha value is -2.89. The lowest BCUT2D eigenvalue weighted by Gasteiger charge is -2.48. The molecular weight excluding hydrogens is 292 g/mol. The van der Waals surface area contributed by atoms with Crippen molar-refractivity contribution in [3.63, 3.8) is 0 Å². The summed E-state index contributed by atoms with van der Waals surface area (Å²) in [6, 6.07) is 9.22. The van der Waals surface area contributed by atoms with E-state index >= 15 is 0 Å². The third-order valence-corrected chi connectivity index (χ3v) is 4.24. The number of amides is 2. The summed E-state index contributed by atoms with van der Waals surface area (Å²) in [6.45, 7) is 5.82. The molecule has 2 amide bonds. The Bertz CT molecular complexity index is 736. The van der Waals surface area contributed by atoms with Crippen LogP contribution >= 0.6 is 0 Å². The molecule has 23 heavy (non-hydrogen) atoms. The fourth-order valence-electron chi connectivity index (χ4n) is 2.64. The second-order valence-corrected chi connectivity index (χ2v) is 5.67. The highest BCUT2D eigenvalue weighted by atomic mass is 16.2. The van der Waals surface area contributed by atoms with Crippen LogP contribution in [0, 0.1) is 0 Å². The molecule has 1 atom stereocenters. The summed E-state index contributed by atoms with van der Waals surface area (Å²) in [5, 5.41) is 7.02. The molecule has 1 N–H and O–H groups in total. The van der Waals surface area contributed by atoms with E-state index in [1.54, 1.807) is 17.8 Å². The van der Waals surface area contributed by atoms with Crippen LogP contribution in [-0.4, -0.2) is 38.6 Å². The summed E-state index contributed by atoms with van der Waals surface area (Å²) in [6.07, 6.45) is 5.44. The number of aromatic nitrogens is 2. The quantitative estimate of drug-likeness (QED) is 0.878. The molecule has 0 spiro atoms. The van der Waals surface area contributed by atoms with E-state index in [4.69, 9.17) is 0 Å². The fourth-order valence-corrected chi connectivity index (χ4v) is 2.64. The van der Waals surface area contributed by atoms with Gasteiger partial charge in [0.2, 0.25) is 11.8 Å². The van der Waals surface area contributed by atoms with E-state index in [1.165, 1.54) is 11.0 Å². The maximum absolute atomic E-state index is 12.5. The van der Waals surface area contributed by atoms with Crippen molar-refractivity contribution < 1.29 is 9.59 Å². The molecule has 1 aliphatic rings. The molecule has 1 aromatic heterocycles. The summed E-state index contributed by atoms with van der Waals surface area (Å²) in [4.78, 5) is 25.8. The maximum atomic E-state index is 12.5. The van der Waals surface area contributed by atoms with Gasteiger partial charge in [-0.05, 0) is 49.8 Å². The molecule has 2 heterocycles. The number of carbonyl (C=O) groups excluding carboxylic acids is 2. The molecule has 6 nitrogen and oxygen atoms in total. The monoisotopic (exact) mass is 310 g/mol. The van der Waals surface area contributed by atoms with Crippen LogP contribution in [0.3, 0.4) is 0 Å². The number of rotatable bonds is 4. The molecule has 2 aromatic rings. The molecule has 118 valence electrons. The van der Waals surface area contributed by atoms with Crippen molar-refractivity contribution in [2.45, 2.75) is 18.9 Å². The summed E-state index contributed by atoms with van der Waals surface area (Å²) in [5.41, 5.74) is 0.780. The Kier molecular flexibility index (Phi) is 3.73. The Morgan fingerprint density at radius 2 is 2.09 bits per heavy atom. The number of nitrogens with one attached hydrogen (secondary N) is 1. The van der Waals surface area contributed by atoms with Crippen molar-refractivity contribution in [3.8, 4) is 5.69 Å². The van der Waals surface area contributed by atoms with Gasteiger partial charge in [-0.2, -0.15) is 5.10 Å². The van der Waals surface area contributed by atoms with Gasteiger partial charge in [0.15, 0.2) is 0 Å². The Labute approximate surface area is 134 Å². The van der Waals surface area contributed by atoms with E-state index in [0.717, 1.165) is 5.69 Å². The summed E-state index contributed by atoms with van der Waals surface area (Å²) in [7, 11) is 0. The van der Waals surface area contributed by atoms with Crippen molar-refractivity contribution in [1.82, 2.24) is 14.7 Å². The molecule has 3 rings (SSSR count). The average molecular weight is 310 g/mol. The second-order valence-electron chi connectivity index (χ2n) is 5.67. The SMILES string of the molecule is C=CC(=O)N1CCC1(C)C(=O)Nc1ccc(-n2cccn2)cc1. The zero-order chi connectivity index (χ0) is 16.4. The molecule has 0 saturated carbocycles. The lowest BCUT2D eigenvalue weighted by Crippen LogP contribution is -2.65. The number of nitrogens with zero attached hydrogens (tertiary/aromatic N) is 3. The van der Waals surface area contributed by atoms with Gasteiger partial charge >= 0.3 is 0 Å². The molecule has 0 aliphatic carbocycles. The lowest BCUT2D eigenvalue weighted by molar-refractivity contribution is -0.150. The van der Waals surface area contributed by atoms with Crippen molar-refractivity contribution in [2.24, 2.45) is 0 Å². The van der Waals surface area contributed by atoms with Crippen LogP contribution < -0.4 is 5.32 Å². The minimum absolute atomic E-state index is 0.189. The third-order valence-electron chi connectivity index (χ3n) is 4.24. The molecular formula is C17H18N4O2. The first-order chi connectivity index (χ1) is 11.0. The van der Waals surface area contributed by atoms with Crippen LogP contribution in [0.15, 0.2) is 55.4 Å². The highest BCUT2D eigenvalue weighted by Crippen LogP contribution is 2.32. The van der Waals surface area contributed by atoms with Gasteiger partial charge in [-0.1, -0.05) is 6.58 Å². The van der Waals surface area contributed by atoms with Crippen molar-refractivity contribution >= 4 is 17.5 Å². The predicted octanol–water partition coefficient (Wildman–Crippen LogP) is 1.99. The zero-order valence-electron chi connectivity index (χ0n) is 12.9. The van der Waals surface area contributed by atoms with Gasteiger partial charge in [-0.15, -0.1) is 0 Å². The Balaban J connectivity index is 1.71. The minimum Gasteiger partial charge on any atom is -0.325 e. The van der Waals surface area contributed by atoms with Crippen LogP contribution in [0.2, 0.25) is 0 Å². The molecule has 1 aliphatic heterocycles. The lowest BCUT2D eigenvalue weighted by atomic mass is 9.85. The molecule has 1 fully saturated rings. The van der Waals surface area contributed by atoms with Crippen LogP contribution in [0.1, 0.15) is 13.3 Å². The number of benzene rings is 1. The Morgan fingerprint density at radius 3 is 2.61 bits per heavy atom. The van der Waals surface area contributed by atoms with Gasteiger partial charge in [-0.3, -0.25) is 9.59 Å². The topological polar surface area (TPSA) is 67.2 Å². The standard InChI is InChI=1S/C17H18N4O2/c1-3-15(22)20-12-9-17(20,2)16(23)19-13-5-7-14(8-6-13)21-11-4-10-18-21/h3-8,10-11H,1,9,12H2,2H3,(H,19,23). The first-order valence-corrected chi connectivity index (χ1v) is 7.40. The summed E-state index contributed by atoms with van der Waals surface area (Å²) in [5.74, 6) is -0.409. The van der Waals surface area contributed by atoms with Crippen molar-refractivity contribution in [2.75, 3.05) is 11.9 Å². The first-order valence-electron chi connectivity index (χ1n) is 7.40. The summed E-state index contributed by atoms with van der Waals surface area (Å²) < 4.78 is 1.74. The van der Waals surface area contributed by atoms with Crippen LogP contribution in [0.4, 0.5) is 5.69 Å². The first kappa shape index (κ1) is 15.0. The normalized spacial score (nSPS) is 19.8. The average Bonchev–Trinajstić information content (AvgIpc) is 3.08. The van der Waals surface area contributed by atoms with Gasteiger partial charge in [0.25, 0.3) is 0 Å². The van der Waals surface area contributed by atoms with E-state index in [2.05, 4.69) is 17.0 Å². The zero-order valence-corrected chi connectivity index (χ0v) is 12.9. The van der Waals surface area contributed by atoms with Gasteiger partial charge in [-0.25, -0.2) is 4.68 Å². The van der Waals surface area contributed by atoms with E-state index in [9.17, 15) is 9.59 Å². The largest absolute Gasteiger partial charge is 0.325 e.